The molecular weight excluding hydrogens is 390 g/mol. The van der Waals surface area contributed by atoms with Gasteiger partial charge >= 0.3 is 0 Å². The van der Waals surface area contributed by atoms with Gasteiger partial charge in [0.1, 0.15) is 12.7 Å². The predicted molar refractivity (Wildman–Crippen MR) is 112 cm³/mol. The van der Waals surface area contributed by atoms with Gasteiger partial charge in [-0.2, -0.15) is 5.10 Å². The third-order valence-corrected chi connectivity index (χ3v) is 4.68. The zero-order valence-corrected chi connectivity index (χ0v) is 16.8. The van der Waals surface area contributed by atoms with E-state index in [2.05, 4.69) is 20.1 Å². The van der Waals surface area contributed by atoms with Crippen molar-refractivity contribution >= 4 is 27.7 Å². The van der Waals surface area contributed by atoms with Crippen LogP contribution in [-0.4, -0.2) is 35.3 Å². The highest BCUT2D eigenvalue weighted by molar-refractivity contribution is 7.92. The van der Waals surface area contributed by atoms with Crippen LogP contribution in [0, 0.1) is 0 Å². The Balaban J connectivity index is 1.57. The molecule has 0 saturated carbocycles. The van der Waals surface area contributed by atoms with Gasteiger partial charge in [-0.15, -0.1) is 0 Å². The number of hydrogen-bond acceptors (Lipinski definition) is 5. The molecule has 9 heteroatoms. The van der Waals surface area contributed by atoms with Gasteiger partial charge in [-0.05, 0) is 48.4 Å². The first kappa shape index (κ1) is 20.3. The minimum Gasteiger partial charge on any atom is -0.346 e. The first-order chi connectivity index (χ1) is 13.8. The minimum atomic E-state index is -3.31. The molecule has 3 aromatic rings. The van der Waals surface area contributed by atoms with Crippen LogP contribution in [0.15, 0.2) is 67.3 Å². The molecule has 150 valence electrons. The zero-order valence-electron chi connectivity index (χ0n) is 16.0. The second kappa shape index (κ2) is 8.70. The van der Waals surface area contributed by atoms with Crippen molar-refractivity contribution in [3.8, 4) is 5.69 Å². The molecule has 1 unspecified atom stereocenters. The molecule has 0 bridgehead atoms. The highest BCUT2D eigenvalue weighted by atomic mass is 32.2. The van der Waals surface area contributed by atoms with Gasteiger partial charge in [0, 0.05) is 11.8 Å². The number of nitrogens with one attached hydrogen (secondary N) is 2. The van der Waals surface area contributed by atoms with Crippen molar-refractivity contribution in [2.24, 2.45) is 0 Å². The number of amides is 1. The van der Waals surface area contributed by atoms with E-state index in [-0.39, 0.29) is 11.9 Å². The lowest BCUT2D eigenvalue weighted by Gasteiger charge is -2.13. The minimum absolute atomic E-state index is 0.168. The van der Waals surface area contributed by atoms with Gasteiger partial charge < -0.3 is 5.32 Å². The van der Waals surface area contributed by atoms with Crippen LogP contribution in [0.1, 0.15) is 24.1 Å². The second-order valence-electron chi connectivity index (χ2n) is 6.49. The Morgan fingerprint density at radius 2 is 1.79 bits per heavy atom. The number of aromatic nitrogens is 3. The number of rotatable bonds is 7. The molecule has 1 aromatic heterocycles. The van der Waals surface area contributed by atoms with Crippen molar-refractivity contribution in [3.63, 3.8) is 0 Å². The molecular formula is C20H21N5O3S. The molecule has 3 rings (SSSR count). The van der Waals surface area contributed by atoms with Gasteiger partial charge in [0.15, 0.2) is 0 Å². The van der Waals surface area contributed by atoms with Gasteiger partial charge in [0.2, 0.25) is 15.9 Å². The van der Waals surface area contributed by atoms with E-state index in [1.807, 2.05) is 31.2 Å². The second-order valence-corrected chi connectivity index (χ2v) is 8.24. The van der Waals surface area contributed by atoms with Crippen LogP contribution in [0.2, 0.25) is 0 Å². The Bertz CT molecular complexity index is 1090. The van der Waals surface area contributed by atoms with Crippen molar-refractivity contribution < 1.29 is 13.2 Å². The predicted octanol–water partition coefficient (Wildman–Crippen LogP) is 2.53. The van der Waals surface area contributed by atoms with Crippen molar-refractivity contribution in [2.75, 3.05) is 11.0 Å². The zero-order chi connectivity index (χ0) is 20.9. The number of carbonyl (C=O) groups is 1. The molecule has 1 heterocycles. The van der Waals surface area contributed by atoms with Gasteiger partial charge in [-0.3, -0.25) is 9.52 Å². The molecule has 0 aliphatic heterocycles. The topological polar surface area (TPSA) is 106 Å². The van der Waals surface area contributed by atoms with E-state index in [0.717, 1.165) is 23.1 Å². The first-order valence-corrected chi connectivity index (χ1v) is 10.7. The first-order valence-electron chi connectivity index (χ1n) is 8.81. The average molecular weight is 411 g/mol. The van der Waals surface area contributed by atoms with Gasteiger partial charge in [0.25, 0.3) is 0 Å². The lowest BCUT2D eigenvalue weighted by Crippen LogP contribution is -2.24. The molecule has 8 nitrogen and oxygen atoms in total. The number of carbonyl (C=O) groups excluding carboxylic acids is 1. The van der Waals surface area contributed by atoms with Crippen molar-refractivity contribution in [2.45, 2.75) is 13.0 Å². The summed E-state index contributed by atoms with van der Waals surface area (Å²) in [6, 6.07) is 14.2. The fourth-order valence-corrected chi connectivity index (χ4v) is 3.21. The van der Waals surface area contributed by atoms with Crippen LogP contribution in [0.5, 0.6) is 0 Å². The number of hydrogen-bond donors (Lipinski definition) is 2. The fraction of sp³-hybridized carbons (Fsp3) is 0.150. The molecule has 0 aliphatic carbocycles. The Morgan fingerprint density at radius 1 is 1.10 bits per heavy atom. The van der Waals surface area contributed by atoms with Crippen LogP contribution in [0.4, 0.5) is 5.69 Å². The normalized spacial score (nSPS) is 12.6. The molecule has 1 atom stereocenters. The molecule has 0 spiro atoms. The van der Waals surface area contributed by atoms with Gasteiger partial charge in [-0.25, -0.2) is 18.1 Å². The van der Waals surface area contributed by atoms with Gasteiger partial charge in [0.05, 0.1) is 18.0 Å². The summed E-state index contributed by atoms with van der Waals surface area (Å²) in [5.74, 6) is -0.226. The van der Waals surface area contributed by atoms with Crippen molar-refractivity contribution in [3.05, 3.63) is 78.4 Å². The van der Waals surface area contributed by atoms with Crippen LogP contribution in [-0.2, 0) is 14.8 Å². The summed E-state index contributed by atoms with van der Waals surface area (Å²) in [7, 11) is -3.31. The van der Waals surface area contributed by atoms with Crippen LogP contribution in [0.25, 0.3) is 11.8 Å². The lowest BCUT2D eigenvalue weighted by atomic mass is 10.1. The Labute approximate surface area is 169 Å². The third-order valence-electron chi connectivity index (χ3n) is 4.08. The molecule has 0 fully saturated rings. The van der Waals surface area contributed by atoms with Crippen LogP contribution < -0.4 is 10.0 Å². The Kier molecular flexibility index (Phi) is 6.08. The quantitative estimate of drug-likeness (QED) is 0.581. The highest BCUT2D eigenvalue weighted by Gasteiger charge is 2.08. The SMILES string of the molecule is CC(NC(=O)/C=C/c1ccc(NS(C)(=O)=O)cc1)c1ccc(-n2cncn2)cc1. The summed E-state index contributed by atoms with van der Waals surface area (Å²) in [5, 5.41) is 6.99. The van der Waals surface area contributed by atoms with Crippen LogP contribution >= 0.6 is 0 Å². The molecule has 1 amide bonds. The van der Waals surface area contributed by atoms with E-state index in [1.54, 1.807) is 41.4 Å². The largest absolute Gasteiger partial charge is 0.346 e. The Hall–Kier alpha value is -3.46. The maximum Gasteiger partial charge on any atom is 0.244 e. The number of nitrogens with zero attached hydrogens (tertiary/aromatic N) is 3. The number of anilines is 1. The summed E-state index contributed by atoms with van der Waals surface area (Å²) in [6.07, 6.45) is 7.29. The smallest absolute Gasteiger partial charge is 0.244 e. The summed E-state index contributed by atoms with van der Waals surface area (Å²) in [5.41, 5.74) is 3.10. The van der Waals surface area contributed by atoms with E-state index < -0.39 is 10.0 Å². The molecule has 0 saturated heterocycles. The maximum absolute atomic E-state index is 12.2. The van der Waals surface area contributed by atoms with Gasteiger partial charge in [-0.1, -0.05) is 24.3 Å². The summed E-state index contributed by atoms with van der Waals surface area (Å²) >= 11 is 0. The number of benzene rings is 2. The van der Waals surface area contributed by atoms with Crippen molar-refractivity contribution in [1.29, 1.82) is 0 Å². The average Bonchev–Trinajstić information content (AvgIpc) is 3.21. The lowest BCUT2D eigenvalue weighted by molar-refractivity contribution is -0.117. The van der Waals surface area contributed by atoms with E-state index in [4.69, 9.17) is 0 Å². The van der Waals surface area contributed by atoms with E-state index >= 15 is 0 Å². The monoisotopic (exact) mass is 411 g/mol. The third kappa shape index (κ3) is 6.01. The standard InChI is InChI=1S/C20H21N5O3S/c1-15(17-6-10-19(11-7-17)25-14-21-13-22-25)23-20(26)12-5-16-3-8-18(9-4-16)24-29(2,27)28/h3-15,24H,1-2H3,(H,23,26)/b12-5+. The van der Waals surface area contributed by atoms with E-state index in [9.17, 15) is 13.2 Å². The molecule has 0 radical (unpaired) electrons. The Morgan fingerprint density at radius 3 is 2.38 bits per heavy atom. The molecule has 2 N–H and O–H groups in total. The number of sulfonamides is 1. The highest BCUT2D eigenvalue weighted by Crippen LogP contribution is 2.16. The van der Waals surface area contributed by atoms with E-state index in [0.29, 0.717) is 5.69 Å². The molecule has 29 heavy (non-hydrogen) atoms. The fourth-order valence-electron chi connectivity index (χ4n) is 2.65. The summed E-state index contributed by atoms with van der Waals surface area (Å²) in [6.45, 7) is 1.90. The molecule has 0 aliphatic rings. The summed E-state index contributed by atoms with van der Waals surface area (Å²) in [4.78, 5) is 16.1. The van der Waals surface area contributed by atoms with Crippen molar-refractivity contribution in [1.82, 2.24) is 20.1 Å². The molecule has 2 aromatic carbocycles. The van der Waals surface area contributed by atoms with Crippen LogP contribution in [0.3, 0.4) is 0 Å². The maximum atomic E-state index is 12.2. The summed E-state index contributed by atoms with van der Waals surface area (Å²) < 4.78 is 26.5. The van der Waals surface area contributed by atoms with E-state index in [1.165, 1.54) is 12.4 Å².